The molecule has 0 bridgehead atoms. The van der Waals surface area contributed by atoms with Gasteiger partial charge in [0.2, 0.25) is 0 Å². The highest BCUT2D eigenvalue weighted by molar-refractivity contribution is 5.70. The van der Waals surface area contributed by atoms with Gasteiger partial charge in [-0.05, 0) is 30.3 Å². The van der Waals surface area contributed by atoms with Crippen LogP contribution in [0.3, 0.4) is 0 Å². The van der Waals surface area contributed by atoms with E-state index in [0.29, 0.717) is 0 Å². The first-order valence-corrected chi connectivity index (χ1v) is 7.79. The smallest absolute Gasteiger partial charge is 0.399 e. The average molecular weight is 394 g/mol. The van der Waals surface area contributed by atoms with Crippen LogP contribution in [-0.2, 0) is 0 Å². The summed E-state index contributed by atoms with van der Waals surface area (Å²) in [7, 11) is 0. The number of aromatic nitrogens is 1. The molecule has 0 radical (unpaired) electrons. The Balaban J connectivity index is 2.23. The van der Waals surface area contributed by atoms with Gasteiger partial charge >= 0.3 is 12.4 Å². The molecule has 1 aliphatic rings. The van der Waals surface area contributed by atoms with Crippen molar-refractivity contribution >= 4 is 0 Å². The quantitative estimate of drug-likeness (QED) is 0.779. The lowest BCUT2D eigenvalue weighted by atomic mass is 9.94. The number of hydrogen-bond acceptors (Lipinski definition) is 3. The average Bonchev–Trinajstić information content (AvgIpc) is 2.98. The van der Waals surface area contributed by atoms with Gasteiger partial charge in [-0.25, -0.2) is 9.37 Å². The standard InChI is InChI=1S/C17H13F7N2O/c18-9-3-1-8(2-4-9)14-15-10(12(7-27-15)17(22,23)24)5-13(26-14)11(6-25)16(19,20)21/h1-5,11-12H,6-7,25H2/t11-,12-/m1/s1. The van der Waals surface area contributed by atoms with Gasteiger partial charge in [0.1, 0.15) is 35.7 Å². The van der Waals surface area contributed by atoms with E-state index in [-0.39, 0.29) is 17.0 Å². The van der Waals surface area contributed by atoms with Gasteiger partial charge in [0.05, 0.1) is 5.69 Å². The third-order valence-corrected chi connectivity index (χ3v) is 4.29. The molecule has 2 heterocycles. The maximum absolute atomic E-state index is 13.3. The number of ether oxygens (including phenoxy) is 1. The lowest BCUT2D eigenvalue weighted by Crippen LogP contribution is -2.29. The molecule has 2 atom stereocenters. The Labute approximate surface area is 149 Å². The molecule has 1 aromatic carbocycles. The Morgan fingerprint density at radius 2 is 1.74 bits per heavy atom. The number of pyridine rings is 1. The van der Waals surface area contributed by atoms with Crippen LogP contribution in [0.4, 0.5) is 30.7 Å². The van der Waals surface area contributed by atoms with Crippen LogP contribution in [0, 0.1) is 5.82 Å². The second-order valence-electron chi connectivity index (χ2n) is 6.06. The molecular formula is C17H13F7N2O. The zero-order chi connectivity index (χ0) is 20.0. The predicted molar refractivity (Wildman–Crippen MR) is 81.8 cm³/mol. The van der Waals surface area contributed by atoms with Crippen LogP contribution in [-0.4, -0.2) is 30.5 Å². The fourth-order valence-corrected chi connectivity index (χ4v) is 2.92. The summed E-state index contributed by atoms with van der Waals surface area (Å²) in [4.78, 5) is 3.88. The molecular weight excluding hydrogens is 381 g/mol. The van der Waals surface area contributed by atoms with Crippen LogP contribution in [0.15, 0.2) is 30.3 Å². The van der Waals surface area contributed by atoms with Crippen molar-refractivity contribution in [3.63, 3.8) is 0 Å². The van der Waals surface area contributed by atoms with Gasteiger partial charge in [-0.2, -0.15) is 26.3 Å². The minimum atomic E-state index is -4.79. The summed E-state index contributed by atoms with van der Waals surface area (Å²) < 4.78 is 97.9. The van der Waals surface area contributed by atoms with Crippen molar-refractivity contribution in [1.82, 2.24) is 4.98 Å². The summed E-state index contributed by atoms with van der Waals surface area (Å²) in [6, 6.07) is 5.21. The molecule has 0 saturated heterocycles. The molecule has 0 amide bonds. The number of fused-ring (bicyclic) bond motifs is 1. The Morgan fingerprint density at radius 1 is 1.11 bits per heavy atom. The number of nitrogens with zero attached hydrogens (tertiary/aromatic N) is 1. The maximum Gasteiger partial charge on any atom is 0.399 e. The fourth-order valence-electron chi connectivity index (χ4n) is 2.92. The van der Waals surface area contributed by atoms with Crippen molar-refractivity contribution < 1.29 is 35.5 Å². The van der Waals surface area contributed by atoms with E-state index in [1.54, 1.807) is 0 Å². The second-order valence-corrected chi connectivity index (χ2v) is 6.06. The lowest BCUT2D eigenvalue weighted by Gasteiger charge is -2.21. The molecule has 0 saturated carbocycles. The van der Waals surface area contributed by atoms with E-state index >= 15 is 0 Å². The number of hydrogen-bond donors (Lipinski definition) is 1. The van der Waals surface area contributed by atoms with Crippen molar-refractivity contribution in [3.8, 4) is 17.0 Å². The highest BCUT2D eigenvalue weighted by Crippen LogP contribution is 2.49. The Kier molecular flexibility index (Phi) is 4.79. The van der Waals surface area contributed by atoms with Gasteiger partial charge in [-0.15, -0.1) is 0 Å². The van der Waals surface area contributed by atoms with Gasteiger partial charge in [-0.3, -0.25) is 0 Å². The highest BCUT2D eigenvalue weighted by atomic mass is 19.4. The molecule has 2 N–H and O–H groups in total. The number of rotatable bonds is 3. The molecule has 0 spiro atoms. The number of nitrogens with two attached hydrogens (primary N) is 1. The van der Waals surface area contributed by atoms with E-state index in [9.17, 15) is 30.7 Å². The first-order chi connectivity index (χ1) is 12.5. The zero-order valence-corrected chi connectivity index (χ0v) is 13.5. The molecule has 3 nitrogen and oxygen atoms in total. The molecule has 0 aliphatic carbocycles. The van der Waals surface area contributed by atoms with Crippen molar-refractivity contribution in [1.29, 1.82) is 0 Å². The molecule has 0 unspecified atom stereocenters. The molecule has 27 heavy (non-hydrogen) atoms. The molecule has 0 fully saturated rings. The highest BCUT2D eigenvalue weighted by Gasteiger charge is 2.48. The van der Waals surface area contributed by atoms with E-state index in [2.05, 4.69) is 4.98 Å². The summed E-state index contributed by atoms with van der Waals surface area (Å²) in [5.74, 6) is -5.20. The predicted octanol–water partition coefficient (Wildman–Crippen LogP) is 4.53. The summed E-state index contributed by atoms with van der Waals surface area (Å²) in [5.41, 5.74) is 4.05. The van der Waals surface area contributed by atoms with E-state index in [1.165, 1.54) is 12.1 Å². The molecule has 1 aromatic heterocycles. The Bertz CT molecular complexity index is 831. The zero-order valence-electron chi connectivity index (χ0n) is 13.5. The van der Waals surface area contributed by atoms with Crippen LogP contribution < -0.4 is 10.5 Å². The third kappa shape index (κ3) is 3.71. The van der Waals surface area contributed by atoms with Crippen LogP contribution in [0.25, 0.3) is 11.3 Å². The summed E-state index contributed by atoms with van der Waals surface area (Å²) in [6.45, 7) is -1.65. The maximum atomic E-state index is 13.3. The van der Waals surface area contributed by atoms with Gasteiger partial charge < -0.3 is 10.5 Å². The number of halogens is 7. The van der Waals surface area contributed by atoms with Gasteiger partial charge in [0.15, 0.2) is 0 Å². The van der Waals surface area contributed by atoms with Crippen molar-refractivity contribution in [2.75, 3.05) is 13.2 Å². The number of alkyl halides is 6. The molecule has 2 aromatic rings. The number of benzene rings is 1. The van der Waals surface area contributed by atoms with E-state index in [0.717, 1.165) is 18.2 Å². The third-order valence-electron chi connectivity index (χ3n) is 4.29. The minimum Gasteiger partial charge on any atom is -0.490 e. The van der Waals surface area contributed by atoms with Gasteiger partial charge in [0.25, 0.3) is 0 Å². The topological polar surface area (TPSA) is 48.1 Å². The first-order valence-electron chi connectivity index (χ1n) is 7.79. The summed E-state index contributed by atoms with van der Waals surface area (Å²) in [6.07, 6.45) is -9.50. The normalized spacial score (nSPS) is 18.1. The summed E-state index contributed by atoms with van der Waals surface area (Å²) in [5, 5.41) is 0. The van der Waals surface area contributed by atoms with Gasteiger partial charge in [0, 0.05) is 17.7 Å². The van der Waals surface area contributed by atoms with Crippen LogP contribution >= 0.6 is 0 Å². The molecule has 146 valence electrons. The second kappa shape index (κ2) is 6.66. The Hall–Kier alpha value is -2.36. The monoisotopic (exact) mass is 394 g/mol. The van der Waals surface area contributed by atoms with Crippen molar-refractivity contribution in [2.45, 2.75) is 24.2 Å². The Morgan fingerprint density at radius 3 is 2.26 bits per heavy atom. The van der Waals surface area contributed by atoms with E-state index in [1.807, 2.05) is 0 Å². The minimum absolute atomic E-state index is 0.135. The van der Waals surface area contributed by atoms with Gasteiger partial charge in [-0.1, -0.05) is 0 Å². The SMILES string of the molecule is NC[C@H](c1cc2c(c(-c3ccc(F)cc3)n1)OC[C@H]2C(F)(F)F)C(F)(F)F. The van der Waals surface area contributed by atoms with Crippen molar-refractivity contribution in [3.05, 3.63) is 47.4 Å². The van der Waals surface area contributed by atoms with Crippen molar-refractivity contribution in [2.24, 2.45) is 5.73 Å². The van der Waals surface area contributed by atoms with E-state index < -0.39 is 54.4 Å². The fraction of sp³-hybridized carbons (Fsp3) is 0.353. The van der Waals surface area contributed by atoms with Crippen LogP contribution in [0.1, 0.15) is 23.1 Å². The summed E-state index contributed by atoms with van der Waals surface area (Å²) >= 11 is 0. The molecule has 10 heteroatoms. The molecule has 3 rings (SSSR count). The molecule has 1 aliphatic heterocycles. The van der Waals surface area contributed by atoms with E-state index in [4.69, 9.17) is 10.5 Å². The lowest BCUT2D eigenvalue weighted by molar-refractivity contribution is -0.151. The first kappa shape index (κ1) is 19.4. The van der Waals surface area contributed by atoms with Crippen LogP contribution in [0.2, 0.25) is 0 Å². The largest absolute Gasteiger partial charge is 0.490 e. The van der Waals surface area contributed by atoms with Crippen LogP contribution in [0.5, 0.6) is 5.75 Å².